The van der Waals surface area contributed by atoms with Gasteiger partial charge in [0.05, 0.1) is 19.7 Å². The average Bonchev–Trinajstić information content (AvgIpc) is 3.29. The molecule has 1 amide bonds. The van der Waals surface area contributed by atoms with Crippen LogP contribution in [0.2, 0.25) is 0 Å². The fourth-order valence-corrected chi connectivity index (χ4v) is 2.76. The average molecular weight is 339 g/mol. The zero-order valence-electron chi connectivity index (χ0n) is 14.3. The Balaban J connectivity index is 1.76. The minimum absolute atomic E-state index is 0.0616. The van der Waals surface area contributed by atoms with Crippen LogP contribution in [0.5, 0.6) is 5.75 Å². The van der Waals surface area contributed by atoms with Gasteiger partial charge in [0.1, 0.15) is 17.6 Å². The van der Waals surface area contributed by atoms with Gasteiger partial charge in [0.15, 0.2) is 0 Å². The highest BCUT2D eigenvalue weighted by Crippen LogP contribution is 2.30. The molecule has 0 aliphatic rings. The maximum absolute atomic E-state index is 12.5. The number of nitrogens with zero attached hydrogens (tertiary/aromatic N) is 2. The van der Waals surface area contributed by atoms with Crippen molar-refractivity contribution in [1.82, 2.24) is 14.9 Å². The molecule has 0 spiro atoms. The van der Waals surface area contributed by atoms with Gasteiger partial charge in [0, 0.05) is 30.9 Å². The van der Waals surface area contributed by atoms with Crippen LogP contribution in [0.1, 0.15) is 29.5 Å². The van der Waals surface area contributed by atoms with Crippen LogP contribution in [0, 0.1) is 0 Å². The Hall–Kier alpha value is -3.02. The Morgan fingerprint density at radius 3 is 2.84 bits per heavy atom. The molecule has 3 rings (SSSR count). The molecule has 0 saturated carbocycles. The van der Waals surface area contributed by atoms with E-state index in [1.165, 1.54) is 0 Å². The van der Waals surface area contributed by atoms with Gasteiger partial charge in [-0.05, 0) is 24.6 Å². The summed E-state index contributed by atoms with van der Waals surface area (Å²) in [5, 5.41) is 3.05. The number of carbonyl (C=O) groups is 1. The number of aryl methyl sites for hydroxylation is 2. The number of furan rings is 1. The highest BCUT2D eigenvalue weighted by molar-refractivity contribution is 5.77. The summed E-state index contributed by atoms with van der Waals surface area (Å²) in [4.78, 5) is 16.6. The summed E-state index contributed by atoms with van der Waals surface area (Å²) >= 11 is 0. The first kappa shape index (κ1) is 16.8. The molecule has 2 aromatic heterocycles. The van der Waals surface area contributed by atoms with Gasteiger partial charge in [0.2, 0.25) is 5.91 Å². The summed E-state index contributed by atoms with van der Waals surface area (Å²) in [6.07, 6.45) is 6.09. The predicted octanol–water partition coefficient (Wildman–Crippen LogP) is 2.86. The van der Waals surface area contributed by atoms with Gasteiger partial charge in [-0.15, -0.1) is 0 Å². The van der Waals surface area contributed by atoms with Crippen LogP contribution in [0.25, 0.3) is 0 Å². The number of aromatic nitrogens is 2. The van der Waals surface area contributed by atoms with Crippen LogP contribution in [0.3, 0.4) is 0 Å². The number of para-hydroxylation sites is 1. The first-order chi connectivity index (χ1) is 12.2. The normalized spacial score (nSPS) is 11.9. The van der Waals surface area contributed by atoms with E-state index in [-0.39, 0.29) is 5.91 Å². The van der Waals surface area contributed by atoms with Crippen molar-refractivity contribution in [3.05, 3.63) is 72.2 Å². The van der Waals surface area contributed by atoms with Gasteiger partial charge >= 0.3 is 0 Å². The molecule has 2 heterocycles. The lowest BCUT2D eigenvalue weighted by Gasteiger charge is -2.19. The summed E-state index contributed by atoms with van der Waals surface area (Å²) in [5.74, 6) is 1.31. The molecule has 0 radical (unpaired) electrons. The molecule has 1 atom stereocenters. The molecule has 1 N–H and O–H groups in total. The van der Waals surface area contributed by atoms with Crippen molar-refractivity contribution >= 4 is 5.91 Å². The lowest BCUT2D eigenvalue weighted by molar-refractivity contribution is -0.121. The van der Waals surface area contributed by atoms with Gasteiger partial charge in [-0.2, -0.15) is 0 Å². The highest BCUT2D eigenvalue weighted by atomic mass is 16.5. The van der Waals surface area contributed by atoms with E-state index in [0.717, 1.165) is 11.3 Å². The van der Waals surface area contributed by atoms with Gasteiger partial charge in [-0.25, -0.2) is 4.98 Å². The number of rotatable bonds is 7. The number of hydrogen-bond donors (Lipinski definition) is 1. The second kappa shape index (κ2) is 7.70. The quantitative estimate of drug-likeness (QED) is 0.719. The first-order valence-electron chi connectivity index (χ1n) is 8.10. The fraction of sp³-hybridized carbons (Fsp3) is 0.263. The Kier molecular flexibility index (Phi) is 5.18. The molecule has 130 valence electrons. The van der Waals surface area contributed by atoms with Crippen molar-refractivity contribution in [2.24, 2.45) is 7.05 Å². The number of amides is 1. The number of methoxy groups -OCH3 is 1. The third-order valence-electron chi connectivity index (χ3n) is 4.11. The van der Waals surface area contributed by atoms with Gasteiger partial charge < -0.3 is 19.0 Å². The number of ether oxygens (including phenoxy) is 1. The van der Waals surface area contributed by atoms with Crippen molar-refractivity contribution in [2.75, 3.05) is 7.11 Å². The molecular weight excluding hydrogens is 318 g/mol. The summed E-state index contributed by atoms with van der Waals surface area (Å²) < 4.78 is 12.9. The number of imidazole rings is 1. The molecule has 6 nitrogen and oxygen atoms in total. The second-order valence-corrected chi connectivity index (χ2v) is 5.75. The van der Waals surface area contributed by atoms with Crippen LogP contribution in [0.4, 0.5) is 0 Å². The largest absolute Gasteiger partial charge is 0.496 e. The molecule has 0 unspecified atom stereocenters. The van der Waals surface area contributed by atoms with Gasteiger partial charge in [-0.1, -0.05) is 18.2 Å². The first-order valence-corrected chi connectivity index (χ1v) is 8.10. The molecule has 0 bridgehead atoms. The van der Waals surface area contributed by atoms with E-state index in [0.29, 0.717) is 24.4 Å². The number of nitrogens with one attached hydrogen (secondary N) is 1. The zero-order valence-corrected chi connectivity index (χ0v) is 14.3. The number of benzene rings is 1. The molecule has 0 aliphatic heterocycles. The Bertz CT molecular complexity index is 824. The summed E-state index contributed by atoms with van der Waals surface area (Å²) in [6.45, 7) is 0. The summed E-state index contributed by atoms with van der Waals surface area (Å²) in [6, 6.07) is 10.9. The van der Waals surface area contributed by atoms with E-state index in [1.807, 2.05) is 41.9 Å². The minimum atomic E-state index is -0.398. The standard InChI is InChI=1S/C19H21N3O3/c1-22-13-20-12-14(22)9-10-18(23)21-19(17-8-5-11-25-17)15-6-3-4-7-16(15)24-2/h3-8,11-13,19H,9-10H2,1-2H3,(H,21,23)/t19-/m1/s1. The van der Waals surface area contributed by atoms with E-state index in [2.05, 4.69) is 10.3 Å². The Morgan fingerprint density at radius 1 is 1.32 bits per heavy atom. The molecule has 1 aromatic carbocycles. The molecule has 25 heavy (non-hydrogen) atoms. The molecule has 6 heteroatoms. The Labute approximate surface area is 146 Å². The maximum atomic E-state index is 12.5. The van der Waals surface area contributed by atoms with Crippen LogP contribution in [-0.4, -0.2) is 22.6 Å². The smallest absolute Gasteiger partial charge is 0.221 e. The molecule has 3 aromatic rings. The van der Waals surface area contributed by atoms with E-state index in [1.54, 1.807) is 32.0 Å². The number of hydrogen-bond acceptors (Lipinski definition) is 4. The van der Waals surface area contributed by atoms with Crippen molar-refractivity contribution in [1.29, 1.82) is 0 Å². The van der Waals surface area contributed by atoms with Crippen LogP contribution < -0.4 is 10.1 Å². The van der Waals surface area contributed by atoms with Crippen molar-refractivity contribution in [2.45, 2.75) is 18.9 Å². The summed E-state index contributed by atoms with van der Waals surface area (Å²) in [7, 11) is 3.53. The third kappa shape index (κ3) is 3.91. The van der Waals surface area contributed by atoms with E-state index < -0.39 is 6.04 Å². The lowest BCUT2D eigenvalue weighted by Crippen LogP contribution is -2.29. The van der Waals surface area contributed by atoms with Gasteiger partial charge in [0.25, 0.3) is 0 Å². The van der Waals surface area contributed by atoms with E-state index in [4.69, 9.17) is 9.15 Å². The van der Waals surface area contributed by atoms with Crippen molar-refractivity contribution < 1.29 is 13.9 Å². The monoisotopic (exact) mass is 339 g/mol. The number of carbonyl (C=O) groups excluding carboxylic acids is 1. The fourth-order valence-electron chi connectivity index (χ4n) is 2.76. The molecule has 0 aliphatic carbocycles. The maximum Gasteiger partial charge on any atom is 0.221 e. The minimum Gasteiger partial charge on any atom is -0.496 e. The summed E-state index contributed by atoms with van der Waals surface area (Å²) in [5.41, 5.74) is 1.87. The zero-order chi connectivity index (χ0) is 17.6. The van der Waals surface area contributed by atoms with Crippen LogP contribution >= 0.6 is 0 Å². The lowest BCUT2D eigenvalue weighted by atomic mass is 10.0. The second-order valence-electron chi connectivity index (χ2n) is 5.75. The van der Waals surface area contributed by atoms with E-state index in [9.17, 15) is 4.79 Å². The van der Waals surface area contributed by atoms with Crippen molar-refractivity contribution in [3.8, 4) is 5.75 Å². The topological polar surface area (TPSA) is 69.3 Å². The Morgan fingerprint density at radius 2 is 2.16 bits per heavy atom. The predicted molar refractivity (Wildman–Crippen MR) is 93.2 cm³/mol. The molecule has 0 fully saturated rings. The van der Waals surface area contributed by atoms with Gasteiger partial charge in [-0.3, -0.25) is 4.79 Å². The molecule has 0 saturated heterocycles. The van der Waals surface area contributed by atoms with Crippen molar-refractivity contribution in [3.63, 3.8) is 0 Å². The third-order valence-corrected chi connectivity index (χ3v) is 4.11. The van der Waals surface area contributed by atoms with Crippen LogP contribution in [0.15, 0.2) is 59.6 Å². The SMILES string of the molecule is COc1ccccc1[C@@H](NC(=O)CCc1cncn1C)c1ccco1. The highest BCUT2D eigenvalue weighted by Gasteiger charge is 2.22. The van der Waals surface area contributed by atoms with E-state index >= 15 is 0 Å². The van der Waals surface area contributed by atoms with Crippen LogP contribution in [-0.2, 0) is 18.3 Å². The molecular formula is C19H21N3O3.